The largest absolute Gasteiger partial charge is 0.356 e. The number of aromatic nitrogens is 2. The molecule has 3 rings (SSSR count). The van der Waals surface area contributed by atoms with Crippen molar-refractivity contribution in [1.29, 1.82) is 0 Å². The number of imidazole rings is 1. The maximum Gasteiger partial charge on any atom is 0.219 e. The number of fused-ring (bicyclic) bond motifs is 1. The Hall–Kier alpha value is -2.14. The second-order valence-corrected chi connectivity index (χ2v) is 8.06. The molecule has 3 aromatic rings. The van der Waals surface area contributed by atoms with Gasteiger partial charge in [-0.25, -0.2) is 4.98 Å². The second kappa shape index (κ2) is 10.4. The Labute approximate surface area is 175 Å². The highest BCUT2D eigenvalue weighted by atomic mass is 79.9. The fourth-order valence-electron chi connectivity index (χ4n) is 3.39. The molecule has 5 heteroatoms. The van der Waals surface area contributed by atoms with Gasteiger partial charge in [-0.2, -0.15) is 0 Å². The molecule has 1 N–H and O–H groups in total. The molecule has 1 amide bonds. The Kier molecular flexibility index (Phi) is 7.66. The van der Waals surface area contributed by atoms with E-state index in [1.165, 1.54) is 11.1 Å². The molecule has 0 unspecified atom stereocenters. The Balaban J connectivity index is 1.61. The van der Waals surface area contributed by atoms with Gasteiger partial charge in [-0.15, -0.1) is 0 Å². The molecule has 0 spiro atoms. The number of aryl methyl sites for hydroxylation is 1. The summed E-state index contributed by atoms with van der Waals surface area (Å²) in [4.78, 5) is 16.4. The predicted octanol–water partition coefficient (Wildman–Crippen LogP) is 5.48. The van der Waals surface area contributed by atoms with Gasteiger partial charge in [0.25, 0.3) is 0 Å². The molecule has 28 heavy (non-hydrogen) atoms. The SMILES string of the molecule is CCCC(=O)NCCCCCc1nc2ccccc2n1Cc1ccc(Br)cc1. The van der Waals surface area contributed by atoms with Crippen molar-refractivity contribution in [2.75, 3.05) is 6.54 Å². The first-order chi connectivity index (χ1) is 13.7. The summed E-state index contributed by atoms with van der Waals surface area (Å²) in [6.07, 6.45) is 5.66. The summed E-state index contributed by atoms with van der Waals surface area (Å²) in [5.74, 6) is 1.30. The van der Waals surface area contributed by atoms with E-state index in [0.717, 1.165) is 61.0 Å². The Morgan fingerprint density at radius 2 is 1.86 bits per heavy atom. The quantitative estimate of drug-likeness (QED) is 0.423. The minimum absolute atomic E-state index is 0.166. The number of hydrogen-bond donors (Lipinski definition) is 1. The van der Waals surface area contributed by atoms with Crippen LogP contribution < -0.4 is 5.32 Å². The number of nitrogens with zero attached hydrogens (tertiary/aromatic N) is 2. The zero-order valence-corrected chi connectivity index (χ0v) is 18.0. The van der Waals surface area contributed by atoms with Gasteiger partial charge in [0.1, 0.15) is 5.82 Å². The van der Waals surface area contributed by atoms with Crippen molar-refractivity contribution in [3.8, 4) is 0 Å². The van der Waals surface area contributed by atoms with Crippen LogP contribution >= 0.6 is 15.9 Å². The van der Waals surface area contributed by atoms with Crippen molar-refractivity contribution in [3.05, 3.63) is 64.4 Å². The lowest BCUT2D eigenvalue weighted by atomic mass is 10.1. The van der Waals surface area contributed by atoms with Crippen LogP contribution in [0.5, 0.6) is 0 Å². The fraction of sp³-hybridized carbons (Fsp3) is 0.391. The molecule has 0 aliphatic carbocycles. The molecule has 4 nitrogen and oxygen atoms in total. The molecular weight excluding hydrogens is 414 g/mol. The van der Waals surface area contributed by atoms with Gasteiger partial charge in [0.05, 0.1) is 11.0 Å². The van der Waals surface area contributed by atoms with Crippen molar-refractivity contribution >= 4 is 32.9 Å². The average Bonchev–Trinajstić information content (AvgIpc) is 3.04. The molecule has 0 fully saturated rings. The normalized spacial score (nSPS) is 11.1. The monoisotopic (exact) mass is 441 g/mol. The molecule has 2 aromatic carbocycles. The lowest BCUT2D eigenvalue weighted by molar-refractivity contribution is -0.121. The minimum Gasteiger partial charge on any atom is -0.356 e. The van der Waals surface area contributed by atoms with E-state index in [-0.39, 0.29) is 5.91 Å². The standard InChI is InChI=1S/C23H28BrN3O/c1-2-8-23(28)25-16-7-3-4-11-22-26-20-9-5-6-10-21(20)27(22)17-18-12-14-19(24)15-13-18/h5-6,9-10,12-15H,2-4,7-8,11,16-17H2,1H3,(H,25,28). The Morgan fingerprint density at radius 1 is 1.07 bits per heavy atom. The number of halogens is 1. The van der Waals surface area contributed by atoms with Crippen molar-refractivity contribution < 1.29 is 4.79 Å². The summed E-state index contributed by atoms with van der Waals surface area (Å²) in [7, 11) is 0. The highest BCUT2D eigenvalue weighted by Crippen LogP contribution is 2.20. The first-order valence-corrected chi connectivity index (χ1v) is 10.9. The van der Waals surface area contributed by atoms with Gasteiger partial charge < -0.3 is 9.88 Å². The number of rotatable bonds is 10. The number of nitrogens with one attached hydrogen (secondary N) is 1. The summed E-state index contributed by atoms with van der Waals surface area (Å²) in [5.41, 5.74) is 3.51. The van der Waals surface area contributed by atoms with Gasteiger partial charge >= 0.3 is 0 Å². The van der Waals surface area contributed by atoms with E-state index in [1.807, 2.05) is 13.0 Å². The van der Waals surface area contributed by atoms with E-state index in [1.54, 1.807) is 0 Å². The molecule has 1 aromatic heterocycles. The van der Waals surface area contributed by atoms with Crippen molar-refractivity contribution in [1.82, 2.24) is 14.9 Å². The predicted molar refractivity (Wildman–Crippen MR) is 118 cm³/mol. The molecule has 0 saturated carbocycles. The third-order valence-corrected chi connectivity index (χ3v) is 5.39. The van der Waals surface area contributed by atoms with Gasteiger partial charge in [-0.05, 0) is 49.1 Å². The van der Waals surface area contributed by atoms with Gasteiger partial charge in [-0.1, -0.05) is 53.5 Å². The van der Waals surface area contributed by atoms with Gasteiger partial charge in [0, 0.05) is 30.4 Å². The van der Waals surface area contributed by atoms with Gasteiger partial charge in [0.2, 0.25) is 5.91 Å². The van der Waals surface area contributed by atoms with E-state index in [2.05, 4.69) is 68.3 Å². The molecular formula is C23H28BrN3O. The molecule has 0 bridgehead atoms. The number of unbranched alkanes of at least 4 members (excludes halogenated alkanes) is 2. The van der Waals surface area contributed by atoms with Crippen molar-refractivity contribution in [2.24, 2.45) is 0 Å². The van der Waals surface area contributed by atoms with Gasteiger partial charge in [-0.3, -0.25) is 4.79 Å². The fourth-order valence-corrected chi connectivity index (χ4v) is 3.66. The molecule has 1 heterocycles. The molecule has 0 atom stereocenters. The van der Waals surface area contributed by atoms with Crippen LogP contribution in [-0.4, -0.2) is 22.0 Å². The summed E-state index contributed by atoms with van der Waals surface area (Å²) < 4.78 is 3.43. The van der Waals surface area contributed by atoms with Crippen LogP contribution in [-0.2, 0) is 17.8 Å². The summed E-state index contributed by atoms with van der Waals surface area (Å²) in [6, 6.07) is 16.8. The van der Waals surface area contributed by atoms with Crippen LogP contribution in [0.4, 0.5) is 0 Å². The molecule has 148 valence electrons. The zero-order chi connectivity index (χ0) is 19.8. The number of carbonyl (C=O) groups excluding carboxylic acids is 1. The number of para-hydroxylation sites is 2. The van der Waals surface area contributed by atoms with Crippen LogP contribution in [0.1, 0.15) is 50.4 Å². The average molecular weight is 442 g/mol. The van der Waals surface area contributed by atoms with Crippen molar-refractivity contribution in [2.45, 2.75) is 52.0 Å². The smallest absolute Gasteiger partial charge is 0.219 e. The van der Waals surface area contributed by atoms with E-state index in [9.17, 15) is 4.79 Å². The zero-order valence-electron chi connectivity index (χ0n) is 16.5. The Bertz CT molecular complexity index is 902. The number of benzene rings is 2. The third kappa shape index (κ3) is 5.68. The van der Waals surface area contributed by atoms with Crippen LogP contribution in [0.15, 0.2) is 53.0 Å². The number of carbonyl (C=O) groups is 1. The van der Waals surface area contributed by atoms with E-state index in [0.29, 0.717) is 6.42 Å². The maximum absolute atomic E-state index is 11.5. The van der Waals surface area contributed by atoms with Crippen LogP contribution in [0, 0.1) is 0 Å². The van der Waals surface area contributed by atoms with E-state index < -0.39 is 0 Å². The maximum atomic E-state index is 11.5. The van der Waals surface area contributed by atoms with Crippen LogP contribution in [0.25, 0.3) is 11.0 Å². The van der Waals surface area contributed by atoms with E-state index >= 15 is 0 Å². The van der Waals surface area contributed by atoms with E-state index in [4.69, 9.17) is 4.98 Å². The Morgan fingerprint density at radius 3 is 2.64 bits per heavy atom. The first-order valence-electron chi connectivity index (χ1n) is 10.1. The van der Waals surface area contributed by atoms with Crippen LogP contribution in [0.2, 0.25) is 0 Å². The molecule has 0 aliphatic rings. The second-order valence-electron chi connectivity index (χ2n) is 7.14. The summed E-state index contributed by atoms with van der Waals surface area (Å²) in [5, 5.41) is 2.99. The summed E-state index contributed by atoms with van der Waals surface area (Å²) >= 11 is 3.50. The molecule has 0 aliphatic heterocycles. The minimum atomic E-state index is 0.166. The highest BCUT2D eigenvalue weighted by Gasteiger charge is 2.11. The third-order valence-electron chi connectivity index (χ3n) is 4.86. The lowest BCUT2D eigenvalue weighted by Crippen LogP contribution is -2.23. The highest BCUT2D eigenvalue weighted by molar-refractivity contribution is 9.10. The number of hydrogen-bond acceptors (Lipinski definition) is 2. The lowest BCUT2D eigenvalue weighted by Gasteiger charge is -2.10. The summed E-state index contributed by atoms with van der Waals surface area (Å²) in [6.45, 7) is 3.63. The molecule has 0 radical (unpaired) electrons. The molecule has 0 saturated heterocycles. The van der Waals surface area contributed by atoms with Crippen LogP contribution in [0.3, 0.4) is 0 Å². The topological polar surface area (TPSA) is 46.9 Å². The first kappa shape index (κ1) is 20.6. The van der Waals surface area contributed by atoms with Crippen molar-refractivity contribution in [3.63, 3.8) is 0 Å². The number of amides is 1. The van der Waals surface area contributed by atoms with Gasteiger partial charge in [0.15, 0.2) is 0 Å².